The van der Waals surface area contributed by atoms with E-state index in [4.69, 9.17) is 10.3 Å². The van der Waals surface area contributed by atoms with Crippen molar-refractivity contribution in [3.63, 3.8) is 0 Å². The molecule has 0 aliphatic heterocycles. The first-order valence-electron chi connectivity index (χ1n) is 6.01. The van der Waals surface area contributed by atoms with Gasteiger partial charge in [0.15, 0.2) is 5.82 Å². The Bertz CT molecular complexity index is 481. The highest BCUT2D eigenvalue weighted by Crippen LogP contribution is 2.13. The summed E-state index contributed by atoms with van der Waals surface area (Å²) in [6.45, 7) is 2.16. The van der Waals surface area contributed by atoms with Crippen LogP contribution in [-0.4, -0.2) is 15.9 Å². The van der Waals surface area contributed by atoms with Gasteiger partial charge >= 0.3 is 0 Å². The van der Waals surface area contributed by atoms with E-state index in [-0.39, 0.29) is 0 Å². The molecule has 0 amide bonds. The summed E-state index contributed by atoms with van der Waals surface area (Å²) in [5.74, 6) is 3.38. The average Bonchev–Trinajstić information content (AvgIpc) is 2.80. The maximum atomic E-state index is 5.64. The Morgan fingerprint density at radius 2 is 2.06 bits per heavy atom. The Morgan fingerprint density at radius 3 is 2.78 bits per heavy atom. The number of aromatic nitrogens is 2. The molecule has 1 aromatic carbocycles. The van der Waals surface area contributed by atoms with Crippen molar-refractivity contribution < 1.29 is 4.52 Å². The standard InChI is InChI=1S/C13H17N3OS/c1-2-7-18-9-12-15-13(17-16-12)8-10-3-5-11(14)6-4-10/h3-6H,2,7-9,14H2,1H3. The van der Waals surface area contributed by atoms with Gasteiger partial charge in [-0.1, -0.05) is 24.2 Å². The lowest BCUT2D eigenvalue weighted by Gasteiger charge is -1.97. The molecule has 0 unspecified atom stereocenters. The Morgan fingerprint density at radius 1 is 1.28 bits per heavy atom. The van der Waals surface area contributed by atoms with Crippen molar-refractivity contribution in [2.45, 2.75) is 25.5 Å². The van der Waals surface area contributed by atoms with Crippen LogP contribution in [0.3, 0.4) is 0 Å². The lowest BCUT2D eigenvalue weighted by atomic mass is 10.1. The van der Waals surface area contributed by atoms with E-state index < -0.39 is 0 Å². The highest BCUT2D eigenvalue weighted by molar-refractivity contribution is 7.98. The molecule has 0 bridgehead atoms. The molecule has 0 saturated carbocycles. The topological polar surface area (TPSA) is 64.9 Å². The Hall–Kier alpha value is -1.49. The molecule has 96 valence electrons. The second-order valence-corrected chi connectivity index (χ2v) is 5.18. The SMILES string of the molecule is CCCSCc1noc(Cc2ccc(N)cc2)n1. The van der Waals surface area contributed by atoms with E-state index in [2.05, 4.69) is 17.1 Å². The van der Waals surface area contributed by atoms with Gasteiger partial charge in [0.25, 0.3) is 0 Å². The van der Waals surface area contributed by atoms with Crippen LogP contribution >= 0.6 is 11.8 Å². The maximum absolute atomic E-state index is 5.64. The van der Waals surface area contributed by atoms with Crippen molar-refractivity contribution in [1.82, 2.24) is 10.1 Å². The molecule has 0 aliphatic carbocycles. The van der Waals surface area contributed by atoms with Crippen LogP contribution in [0, 0.1) is 0 Å². The number of nitrogen functional groups attached to an aromatic ring is 1. The molecule has 2 aromatic rings. The number of thioether (sulfide) groups is 1. The minimum Gasteiger partial charge on any atom is -0.399 e. The molecule has 0 fully saturated rings. The normalized spacial score (nSPS) is 10.7. The van der Waals surface area contributed by atoms with Gasteiger partial charge in [-0.2, -0.15) is 16.7 Å². The first-order chi connectivity index (χ1) is 8.78. The number of anilines is 1. The van der Waals surface area contributed by atoms with E-state index >= 15 is 0 Å². The minimum absolute atomic E-state index is 0.658. The second-order valence-electron chi connectivity index (χ2n) is 4.08. The highest BCUT2D eigenvalue weighted by Gasteiger charge is 2.07. The Kier molecular flexibility index (Phi) is 4.64. The lowest BCUT2D eigenvalue weighted by Crippen LogP contribution is -1.91. The summed E-state index contributed by atoms with van der Waals surface area (Å²) >= 11 is 1.83. The molecule has 0 radical (unpaired) electrons. The number of hydrogen-bond acceptors (Lipinski definition) is 5. The second kappa shape index (κ2) is 6.44. The number of rotatable bonds is 6. The third-order valence-electron chi connectivity index (χ3n) is 2.42. The fraction of sp³-hybridized carbons (Fsp3) is 0.385. The monoisotopic (exact) mass is 263 g/mol. The van der Waals surface area contributed by atoms with Crippen LogP contribution in [0.15, 0.2) is 28.8 Å². The maximum Gasteiger partial charge on any atom is 0.231 e. The molecule has 2 N–H and O–H groups in total. The van der Waals surface area contributed by atoms with Crippen LogP contribution in [0.5, 0.6) is 0 Å². The summed E-state index contributed by atoms with van der Waals surface area (Å²) in [6.07, 6.45) is 1.83. The van der Waals surface area contributed by atoms with Crippen molar-refractivity contribution in [3.05, 3.63) is 41.5 Å². The predicted octanol–water partition coefficient (Wildman–Crippen LogP) is 2.89. The van der Waals surface area contributed by atoms with Gasteiger partial charge in [0.05, 0.1) is 12.2 Å². The van der Waals surface area contributed by atoms with Crippen LogP contribution in [0.2, 0.25) is 0 Å². The highest BCUT2D eigenvalue weighted by atomic mass is 32.2. The zero-order chi connectivity index (χ0) is 12.8. The molecular weight excluding hydrogens is 246 g/mol. The Balaban J connectivity index is 1.91. The van der Waals surface area contributed by atoms with Crippen LogP contribution in [0.25, 0.3) is 0 Å². The van der Waals surface area contributed by atoms with Crippen LogP contribution in [0.4, 0.5) is 5.69 Å². The fourth-order valence-corrected chi connectivity index (χ4v) is 2.27. The third kappa shape index (κ3) is 3.77. The summed E-state index contributed by atoms with van der Waals surface area (Å²) in [5, 5.41) is 3.97. The lowest BCUT2D eigenvalue weighted by molar-refractivity contribution is 0.381. The van der Waals surface area contributed by atoms with Gasteiger partial charge in [0.2, 0.25) is 5.89 Å². The number of benzene rings is 1. The quantitative estimate of drug-likeness (QED) is 0.641. The van der Waals surface area contributed by atoms with Gasteiger partial charge in [-0.05, 0) is 29.9 Å². The van der Waals surface area contributed by atoms with Crippen molar-refractivity contribution in [1.29, 1.82) is 0 Å². The number of nitrogens with two attached hydrogens (primary N) is 1. The zero-order valence-corrected chi connectivity index (χ0v) is 11.2. The molecule has 1 heterocycles. The molecule has 0 spiro atoms. The van der Waals surface area contributed by atoms with Crippen LogP contribution in [0.1, 0.15) is 30.6 Å². The number of hydrogen-bond donors (Lipinski definition) is 1. The van der Waals surface area contributed by atoms with Crippen molar-refractivity contribution in [2.24, 2.45) is 0 Å². The summed E-state index contributed by atoms with van der Waals surface area (Å²) in [6, 6.07) is 7.71. The number of nitrogens with zero attached hydrogens (tertiary/aromatic N) is 2. The van der Waals surface area contributed by atoms with Gasteiger partial charge in [0, 0.05) is 5.69 Å². The minimum atomic E-state index is 0.658. The van der Waals surface area contributed by atoms with Gasteiger partial charge < -0.3 is 10.3 Å². The van der Waals surface area contributed by atoms with Crippen LogP contribution < -0.4 is 5.73 Å². The molecule has 4 nitrogen and oxygen atoms in total. The smallest absolute Gasteiger partial charge is 0.231 e. The molecule has 0 aliphatic rings. The van der Waals surface area contributed by atoms with Crippen molar-refractivity contribution in [3.8, 4) is 0 Å². The van der Waals surface area contributed by atoms with Gasteiger partial charge in [-0.3, -0.25) is 0 Å². The molecule has 0 saturated heterocycles. The average molecular weight is 263 g/mol. The molecule has 0 atom stereocenters. The van der Waals surface area contributed by atoms with E-state index in [9.17, 15) is 0 Å². The fourth-order valence-electron chi connectivity index (χ4n) is 1.54. The molecule has 18 heavy (non-hydrogen) atoms. The van der Waals surface area contributed by atoms with Gasteiger partial charge in [-0.15, -0.1) is 0 Å². The molecular formula is C13H17N3OS. The molecule has 2 rings (SSSR count). The third-order valence-corrected chi connectivity index (χ3v) is 3.58. The van der Waals surface area contributed by atoms with E-state index in [1.54, 1.807) is 0 Å². The first-order valence-corrected chi connectivity index (χ1v) is 7.17. The zero-order valence-electron chi connectivity index (χ0n) is 10.4. The Labute approximate surface area is 111 Å². The van der Waals surface area contributed by atoms with E-state index in [1.165, 1.54) is 6.42 Å². The van der Waals surface area contributed by atoms with Crippen LogP contribution in [-0.2, 0) is 12.2 Å². The first kappa shape index (κ1) is 13.0. The molecule has 1 aromatic heterocycles. The summed E-state index contributed by atoms with van der Waals surface area (Å²) in [4.78, 5) is 4.37. The van der Waals surface area contributed by atoms with Gasteiger partial charge in [-0.25, -0.2) is 0 Å². The van der Waals surface area contributed by atoms with Crippen molar-refractivity contribution >= 4 is 17.4 Å². The van der Waals surface area contributed by atoms with Crippen molar-refractivity contribution in [2.75, 3.05) is 11.5 Å². The van der Waals surface area contributed by atoms with E-state index in [1.807, 2.05) is 36.0 Å². The van der Waals surface area contributed by atoms with E-state index in [0.29, 0.717) is 12.3 Å². The summed E-state index contributed by atoms with van der Waals surface area (Å²) in [5.41, 5.74) is 7.53. The summed E-state index contributed by atoms with van der Waals surface area (Å²) < 4.78 is 5.22. The van der Waals surface area contributed by atoms with E-state index in [0.717, 1.165) is 28.6 Å². The molecule has 5 heteroatoms. The largest absolute Gasteiger partial charge is 0.399 e. The summed E-state index contributed by atoms with van der Waals surface area (Å²) in [7, 11) is 0. The van der Waals surface area contributed by atoms with Gasteiger partial charge in [0.1, 0.15) is 0 Å². The predicted molar refractivity (Wildman–Crippen MR) is 74.4 cm³/mol.